The number of nitrogens with two attached hydrogens (primary N) is 1. The molecule has 0 radical (unpaired) electrons. The second kappa shape index (κ2) is 8.88. The van der Waals surface area contributed by atoms with Crippen LogP contribution in [0.15, 0.2) is 66.9 Å². The van der Waals surface area contributed by atoms with Crippen molar-refractivity contribution in [3.8, 4) is 5.69 Å². The normalized spacial score (nSPS) is 11.6. The number of benzene rings is 3. The number of hydrogen-bond donors (Lipinski definition) is 2. The van der Waals surface area contributed by atoms with Gasteiger partial charge in [-0.15, -0.1) is 0 Å². The molecule has 4 aromatic rings. The van der Waals surface area contributed by atoms with Crippen LogP contribution in [0.2, 0.25) is 5.02 Å². The zero-order valence-corrected chi connectivity index (χ0v) is 18.3. The number of hydrogen-bond acceptors (Lipinski definition) is 3. The van der Waals surface area contributed by atoms with E-state index < -0.39 is 28.6 Å². The molecule has 11 heteroatoms. The van der Waals surface area contributed by atoms with Crippen LogP contribution in [0.3, 0.4) is 0 Å². The van der Waals surface area contributed by atoms with Gasteiger partial charge in [0.1, 0.15) is 5.82 Å². The number of hydroxylamine groups is 1. The van der Waals surface area contributed by atoms with Gasteiger partial charge in [-0.25, -0.2) is 9.18 Å². The van der Waals surface area contributed by atoms with E-state index in [1.165, 1.54) is 18.2 Å². The van der Waals surface area contributed by atoms with Crippen molar-refractivity contribution in [3.63, 3.8) is 0 Å². The molecule has 0 fully saturated rings. The standard InChI is InChI=1S/C23H17ClF4N4O2/c1-34-32(16-4-5-18(24)17(12-16)23(26,27)28)22(33)30-15-3-7-21(19(25)11-15)31-9-8-13-10-14(29)2-6-20(13)31/h2-12H,29H2,1H3,(H,30,33). The van der Waals surface area contributed by atoms with Crippen molar-refractivity contribution < 1.29 is 27.2 Å². The number of anilines is 3. The van der Waals surface area contributed by atoms with E-state index in [4.69, 9.17) is 22.2 Å². The van der Waals surface area contributed by atoms with Crippen LogP contribution in [0.4, 0.5) is 39.4 Å². The second-order valence-electron chi connectivity index (χ2n) is 7.24. The number of amides is 2. The van der Waals surface area contributed by atoms with Crippen LogP contribution in [0.25, 0.3) is 16.6 Å². The van der Waals surface area contributed by atoms with Gasteiger partial charge < -0.3 is 15.6 Å². The topological polar surface area (TPSA) is 72.5 Å². The maximum atomic E-state index is 14.9. The summed E-state index contributed by atoms with van der Waals surface area (Å²) in [6, 6.07) is 13.0. The molecule has 3 N–H and O–H groups in total. The molecule has 0 saturated heterocycles. The first kappa shape index (κ1) is 23.4. The number of aromatic nitrogens is 1. The smallest absolute Gasteiger partial charge is 0.399 e. The van der Waals surface area contributed by atoms with E-state index in [1.54, 1.807) is 35.0 Å². The first-order valence-corrected chi connectivity index (χ1v) is 10.1. The number of alkyl halides is 3. The number of urea groups is 1. The van der Waals surface area contributed by atoms with Gasteiger partial charge in [-0.2, -0.15) is 18.2 Å². The Balaban J connectivity index is 1.59. The van der Waals surface area contributed by atoms with E-state index in [1.807, 2.05) is 0 Å². The maximum Gasteiger partial charge on any atom is 0.417 e. The molecular formula is C23H17ClF4N4O2. The summed E-state index contributed by atoms with van der Waals surface area (Å²) in [6.07, 6.45) is -3.04. The molecule has 1 heterocycles. The Morgan fingerprint density at radius 2 is 1.85 bits per heavy atom. The van der Waals surface area contributed by atoms with Crippen molar-refractivity contribution in [1.29, 1.82) is 0 Å². The predicted octanol–water partition coefficient (Wildman–Crippen LogP) is 6.62. The number of nitrogens with one attached hydrogen (secondary N) is 1. The first-order valence-electron chi connectivity index (χ1n) is 9.77. The predicted molar refractivity (Wildman–Crippen MR) is 123 cm³/mol. The highest BCUT2D eigenvalue weighted by Gasteiger charge is 2.34. The summed E-state index contributed by atoms with van der Waals surface area (Å²) in [7, 11) is 1.11. The van der Waals surface area contributed by atoms with E-state index in [0.717, 1.165) is 30.1 Å². The number of nitrogens with zero attached hydrogens (tertiary/aromatic N) is 2. The van der Waals surface area contributed by atoms with Gasteiger partial charge in [0.05, 0.1) is 34.6 Å². The van der Waals surface area contributed by atoms with E-state index in [0.29, 0.717) is 16.8 Å². The van der Waals surface area contributed by atoms with E-state index in [9.17, 15) is 22.4 Å². The monoisotopic (exact) mass is 492 g/mol. The van der Waals surface area contributed by atoms with Crippen molar-refractivity contribution in [2.75, 3.05) is 23.2 Å². The third kappa shape index (κ3) is 4.50. The maximum absolute atomic E-state index is 14.9. The minimum atomic E-state index is -4.73. The molecule has 3 aromatic carbocycles. The summed E-state index contributed by atoms with van der Waals surface area (Å²) in [4.78, 5) is 17.6. The van der Waals surface area contributed by atoms with E-state index in [2.05, 4.69) is 5.32 Å². The van der Waals surface area contributed by atoms with Gasteiger partial charge >= 0.3 is 12.2 Å². The molecule has 0 aliphatic carbocycles. The van der Waals surface area contributed by atoms with Gasteiger partial charge in [-0.3, -0.25) is 4.84 Å². The average Bonchev–Trinajstić information content (AvgIpc) is 3.17. The number of carbonyl (C=O) groups is 1. The van der Waals surface area contributed by atoms with Gasteiger partial charge in [-0.1, -0.05) is 11.6 Å². The van der Waals surface area contributed by atoms with Gasteiger partial charge in [-0.05, 0) is 60.7 Å². The van der Waals surface area contributed by atoms with Crippen LogP contribution in [0.1, 0.15) is 5.56 Å². The lowest BCUT2D eigenvalue weighted by atomic mass is 10.2. The third-order valence-electron chi connectivity index (χ3n) is 5.03. The molecule has 1 aromatic heterocycles. The molecule has 34 heavy (non-hydrogen) atoms. The van der Waals surface area contributed by atoms with Crippen molar-refractivity contribution in [2.24, 2.45) is 0 Å². The van der Waals surface area contributed by atoms with Gasteiger partial charge in [0.15, 0.2) is 0 Å². The lowest BCUT2D eigenvalue weighted by Gasteiger charge is -2.22. The van der Waals surface area contributed by atoms with Crippen molar-refractivity contribution in [2.45, 2.75) is 6.18 Å². The summed E-state index contributed by atoms with van der Waals surface area (Å²) in [5.74, 6) is -0.637. The molecule has 0 aliphatic heterocycles. The Morgan fingerprint density at radius 1 is 1.09 bits per heavy atom. The molecule has 0 atom stereocenters. The minimum Gasteiger partial charge on any atom is -0.399 e. The van der Waals surface area contributed by atoms with Crippen LogP contribution in [0, 0.1) is 5.82 Å². The van der Waals surface area contributed by atoms with Crippen LogP contribution >= 0.6 is 11.6 Å². The van der Waals surface area contributed by atoms with Crippen LogP contribution in [-0.4, -0.2) is 17.7 Å². The Hall–Kier alpha value is -3.76. The SMILES string of the molecule is CON(C(=O)Nc1ccc(-n2ccc3cc(N)ccc32)c(F)c1)c1ccc(Cl)c(C(F)(F)F)c1. The molecule has 2 amide bonds. The van der Waals surface area contributed by atoms with Gasteiger partial charge in [0.25, 0.3) is 0 Å². The fourth-order valence-corrected chi connectivity index (χ4v) is 3.71. The molecule has 176 valence electrons. The molecule has 6 nitrogen and oxygen atoms in total. The number of nitrogen functional groups attached to an aromatic ring is 1. The molecule has 0 aliphatic rings. The van der Waals surface area contributed by atoms with Crippen molar-refractivity contribution in [3.05, 3.63) is 83.3 Å². The number of fused-ring (bicyclic) bond motifs is 1. The first-order chi connectivity index (χ1) is 16.1. The summed E-state index contributed by atoms with van der Waals surface area (Å²) in [6.45, 7) is 0. The summed E-state index contributed by atoms with van der Waals surface area (Å²) < 4.78 is 56.1. The molecule has 0 spiro atoms. The van der Waals surface area contributed by atoms with E-state index in [-0.39, 0.29) is 17.1 Å². The number of rotatable bonds is 4. The third-order valence-corrected chi connectivity index (χ3v) is 5.36. The van der Waals surface area contributed by atoms with Crippen molar-refractivity contribution >= 4 is 45.6 Å². The Kier molecular flexibility index (Phi) is 6.11. The Labute approximate surface area is 196 Å². The highest BCUT2D eigenvalue weighted by Crippen LogP contribution is 2.37. The minimum absolute atomic E-state index is 0.0685. The van der Waals surface area contributed by atoms with Gasteiger partial charge in [0.2, 0.25) is 0 Å². The average molecular weight is 493 g/mol. The molecule has 4 rings (SSSR count). The molecule has 0 saturated carbocycles. The molecule has 0 bridgehead atoms. The number of halogens is 5. The van der Waals surface area contributed by atoms with E-state index >= 15 is 0 Å². The summed E-state index contributed by atoms with van der Waals surface area (Å²) in [5.41, 5.74) is 6.05. The second-order valence-corrected chi connectivity index (χ2v) is 7.65. The van der Waals surface area contributed by atoms with Crippen LogP contribution in [-0.2, 0) is 11.0 Å². The highest BCUT2D eigenvalue weighted by molar-refractivity contribution is 6.31. The molecule has 0 unspecified atom stereocenters. The van der Waals surface area contributed by atoms with Crippen LogP contribution in [0.5, 0.6) is 0 Å². The number of carbonyl (C=O) groups excluding carboxylic acids is 1. The fraction of sp³-hybridized carbons (Fsp3) is 0.0870. The molecular weight excluding hydrogens is 476 g/mol. The summed E-state index contributed by atoms with van der Waals surface area (Å²) >= 11 is 5.63. The zero-order chi connectivity index (χ0) is 24.6. The highest BCUT2D eigenvalue weighted by atomic mass is 35.5. The largest absolute Gasteiger partial charge is 0.417 e. The lowest BCUT2D eigenvalue weighted by molar-refractivity contribution is -0.137. The van der Waals surface area contributed by atoms with Crippen LogP contribution < -0.4 is 16.1 Å². The zero-order valence-electron chi connectivity index (χ0n) is 17.5. The lowest BCUT2D eigenvalue weighted by Crippen LogP contribution is -2.34. The Bertz CT molecular complexity index is 1390. The van der Waals surface area contributed by atoms with Crippen molar-refractivity contribution in [1.82, 2.24) is 4.57 Å². The Morgan fingerprint density at radius 3 is 2.53 bits per heavy atom. The van der Waals surface area contributed by atoms with Gasteiger partial charge in [0, 0.05) is 23.0 Å². The fourth-order valence-electron chi connectivity index (χ4n) is 3.49. The quantitative estimate of drug-likeness (QED) is 0.191. The summed E-state index contributed by atoms with van der Waals surface area (Å²) in [5, 5.41) is 3.31.